The zero-order valence-corrected chi connectivity index (χ0v) is 8.52. The fourth-order valence-corrected chi connectivity index (χ4v) is 2.90. The molecular formula is C8H17NO2S. The van der Waals surface area contributed by atoms with E-state index in [1.54, 1.807) is 0 Å². The number of hydrogen-bond acceptors (Lipinski definition) is 3. The van der Waals surface area contributed by atoms with E-state index in [0.717, 1.165) is 12.8 Å². The molecule has 1 N–H and O–H groups in total. The van der Waals surface area contributed by atoms with Crippen LogP contribution in [0.15, 0.2) is 0 Å². The molecule has 0 unspecified atom stereocenters. The van der Waals surface area contributed by atoms with Crippen LogP contribution in [0.4, 0.5) is 0 Å². The molecule has 0 aliphatic carbocycles. The van der Waals surface area contributed by atoms with E-state index in [0.29, 0.717) is 11.5 Å². The minimum Gasteiger partial charge on any atom is -0.376 e. The van der Waals surface area contributed by atoms with Crippen LogP contribution in [-0.2, 0) is 14.5 Å². The van der Waals surface area contributed by atoms with Gasteiger partial charge in [0.15, 0.2) is 0 Å². The molecular weight excluding hydrogens is 174 g/mol. The zero-order chi connectivity index (χ0) is 9.19. The van der Waals surface area contributed by atoms with Gasteiger partial charge in [0, 0.05) is 21.2 Å². The lowest BCUT2D eigenvalue weighted by molar-refractivity contribution is 0.00332. The Morgan fingerprint density at radius 1 is 1.42 bits per heavy atom. The molecule has 0 atom stereocenters. The summed E-state index contributed by atoms with van der Waals surface area (Å²) in [5, 5.41) is 0. The Balaban J connectivity index is 2.36. The standard InChI is InChI=1S/C8H17NO2S/c1-7(2)11-8-3-5-12(9,10)6-4-8/h7-9H,3-6H2,1-2H3. The highest BCUT2D eigenvalue weighted by atomic mass is 32.2. The third kappa shape index (κ3) is 3.11. The van der Waals surface area contributed by atoms with Crippen LogP contribution in [-0.4, -0.2) is 27.9 Å². The van der Waals surface area contributed by atoms with E-state index in [2.05, 4.69) is 0 Å². The van der Waals surface area contributed by atoms with Crippen molar-refractivity contribution in [3.63, 3.8) is 0 Å². The van der Waals surface area contributed by atoms with E-state index in [-0.39, 0.29) is 12.2 Å². The van der Waals surface area contributed by atoms with Crippen LogP contribution < -0.4 is 0 Å². The van der Waals surface area contributed by atoms with Crippen LogP contribution in [0.5, 0.6) is 0 Å². The van der Waals surface area contributed by atoms with Gasteiger partial charge in [0.05, 0.1) is 12.2 Å². The monoisotopic (exact) mass is 191 g/mol. The van der Waals surface area contributed by atoms with Crippen molar-refractivity contribution in [1.82, 2.24) is 0 Å². The van der Waals surface area contributed by atoms with E-state index < -0.39 is 9.73 Å². The Hall–Kier alpha value is -0.0900. The van der Waals surface area contributed by atoms with Gasteiger partial charge in [-0.3, -0.25) is 4.78 Å². The quantitative estimate of drug-likeness (QED) is 0.721. The summed E-state index contributed by atoms with van der Waals surface area (Å²) in [5.74, 6) is 1.04. The molecule has 1 saturated heterocycles. The Kier molecular flexibility index (Phi) is 3.12. The maximum atomic E-state index is 11.2. The van der Waals surface area contributed by atoms with Crippen LogP contribution in [0.3, 0.4) is 0 Å². The first-order valence-electron chi connectivity index (χ1n) is 4.39. The molecule has 0 saturated carbocycles. The minimum atomic E-state index is -2.23. The molecule has 0 aromatic rings. The molecule has 72 valence electrons. The topological polar surface area (TPSA) is 50.1 Å². The van der Waals surface area contributed by atoms with Crippen molar-refractivity contribution >= 4 is 9.73 Å². The van der Waals surface area contributed by atoms with Gasteiger partial charge in [-0.05, 0) is 26.7 Å². The molecule has 3 nitrogen and oxygen atoms in total. The summed E-state index contributed by atoms with van der Waals surface area (Å²) in [6.07, 6.45) is 2.07. The third-order valence-corrected chi connectivity index (χ3v) is 3.79. The first-order chi connectivity index (χ1) is 5.49. The van der Waals surface area contributed by atoms with E-state index in [9.17, 15) is 4.21 Å². The predicted molar refractivity (Wildman–Crippen MR) is 49.8 cm³/mol. The van der Waals surface area contributed by atoms with Gasteiger partial charge in [0.25, 0.3) is 0 Å². The Labute approximate surface area is 74.5 Å². The molecule has 0 bridgehead atoms. The molecule has 0 aromatic heterocycles. The molecule has 1 heterocycles. The number of rotatable bonds is 2. The summed E-state index contributed by atoms with van der Waals surface area (Å²) in [6, 6.07) is 0. The number of ether oxygens (including phenoxy) is 1. The lowest BCUT2D eigenvalue weighted by atomic mass is 10.2. The van der Waals surface area contributed by atoms with Crippen molar-refractivity contribution in [1.29, 1.82) is 4.78 Å². The van der Waals surface area contributed by atoms with Crippen LogP contribution in [0.2, 0.25) is 0 Å². The first-order valence-corrected chi connectivity index (χ1v) is 6.29. The maximum absolute atomic E-state index is 11.2. The highest BCUT2D eigenvalue weighted by Crippen LogP contribution is 2.16. The van der Waals surface area contributed by atoms with Gasteiger partial charge < -0.3 is 4.74 Å². The van der Waals surface area contributed by atoms with Gasteiger partial charge in [-0.15, -0.1) is 0 Å². The van der Waals surface area contributed by atoms with Gasteiger partial charge >= 0.3 is 0 Å². The average Bonchev–Trinajstić information content (AvgIpc) is 1.93. The van der Waals surface area contributed by atoms with E-state index in [1.807, 2.05) is 13.8 Å². The molecule has 0 amide bonds. The highest BCUT2D eigenvalue weighted by Gasteiger charge is 2.21. The van der Waals surface area contributed by atoms with E-state index in [4.69, 9.17) is 9.52 Å². The summed E-state index contributed by atoms with van der Waals surface area (Å²) in [4.78, 5) is 0. The molecule has 1 aliphatic heterocycles. The second-order valence-electron chi connectivity index (χ2n) is 3.60. The summed E-state index contributed by atoms with van der Waals surface area (Å²) >= 11 is 0. The molecule has 1 aliphatic rings. The van der Waals surface area contributed by atoms with Gasteiger partial charge in [0.1, 0.15) is 0 Å². The molecule has 4 heteroatoms. The minimum absolute atomic E-state index is 0.241. The Bertz CT molecular complexity index is 219. The third-order valence-electron chi connectivity index (χ3n) is 2.00. The second kappa shape index (κ2) is 3.75. The summed E-state index contributed by atoms with van der Waals surface area (Å²) in [5.41, 5.74) is 0. The van der Waals surface area contributed by atoms with Crippen molar-refractivity contribution < 1.29 is 8.95 Å². The van der Waals surface area contributed by atoms with Crippen LogP contribution in [0.25, 0.3) is 0 Å². The lowest BCUT2D eigenvalue weighted by Crippen LogP contribution is -2.29. The maximum Gasteiger partial charge on any atom is 0.0596 e. The summed E-state index contributed by atoms with van der Waals surface area (Å²) < 4.78 is 24.2. The number of nitrogens with one attached hydrogen (secondary N) is 1. The van der Waals surface area contributed by atoms with Crippen LogP contribution >= 0.6 is 0 Å². The van der Waals surface area contributed by atoms with Gasteiger partial charge in [0.2, 0.25) is 0 Å². The second-order valence-corrected chi connectivity index (χ2v) is 6.04. The van der Waals surface area contributed by atoms with Gasteiger partial charge in [-0.2, -0.15) is 0 Å². The molecule has 12 heavy (non-hydrogen) atoms. The summed E-state index contributed by atoms with van der Waals surface area (Å²) in [6.45, 7) is 4.01. The van der Waals surface area contributed by atoms with Crippen molar-refractivity contribution in [2.24, 2.45) is 0 Å². The molecule has 1 rings (SSSR count). The van der Waals surface area contributed by atoms with Crippen molar-refractivity contribution in [2.45, 2.75) is 38.9 Å². The van der Waals surface area contributed by atoms with Crippen LogP contribution in [0.1, 0.15) is 26.7 Å². The SMILES string of the molecule is CC(C)OC1CCS(=N)(=O)CC1. The normalized spacial score (nSPS) is 37.1. The Morgan fingerprint density at radius 3 is 2.33 bits per heavy atom. The fourth-order valence-electron chi connectivity index (χ4n) is 1.41. The first kappa shape index (κ1) is 9.99. The molecule has 0 radical (unpaired) electrons. The van der Waals surface area contributed by atoms with Gasteiger partial charge in [-0.25, -0.2) is 4.21 Å². The smallest absolute Gasteiger partial charge is 0.0596 e. The van der Waals surface area contributed by atoms with Crippen molar-refractivity contribution in [3.8, 4) is 0 Å². The fraction of sp³-hybridized carbons (Fsp3) is 1.00. The molecule has 1 fully saturated rings. The Morgan fingerprint density at radius 2 is 1.92 bits per heavy atom. The lowest BCUT2D eigenvalue weighted by Gasteiger charge is -2.25. The van der Waals surface area contributed by atoms with Crippen molar-refractivity contribution in [3.05, 3.63) is 0 Å². The van der Waals surface area contributed by atoms with E-state index in [1.165, 1.54) is 0 Å². The van der Waals surface area contributed by atoms with E-state index >= 15 is 0 Å². The highest BCUT2D eigenvalue weighted by molar-refractivity contribution is 7.92. The number of hydrogen-bond donors (Lipinski definition) is 1. The predicted octanol–water partition coefficient (Wildman–Crippen LogP) is 1.62. The van der Waals surface area contributed by atoms with Crippen molar-refractivity contribution in [2.75, 3.05) is 11.5 Å². The molecule has 0 aromatic carbocycles. The summed E-state index contributed by atoms with van der Waals surface area (Å²) in [7, 11) is -2.23. The van der Waals surface area contributed by atoms with Gasteiger partial charge in [-0.1, -0.05) is 0 Å². The largest absolute Gasteiger partial charge is 0.376 e. The molecule has 0 spiro atoms. The average molecular weight is 191 g/mol. The zero-order valence-electron chi connectivity index (χ0n) is 7.71. The van der Waals surface area contributed by atoms with Crippen LogP contribution in [0, 0.1) is 4.78 Å².